The molecule has 1 aromatic carbocycles. The van der Waals surface area contributed by atoms with E-state index in [4.69, 9.17) is 30.3 Å². The summed E-state index contributed by atoms with van der Waals surface area (Å²) in [5.41, 5.74) is 0.211. The van der Waals surface area contributed by atoms with E-state index in [9.17, 15) is 4.79 Å². The highest BCUT2D eigenvalue weighted by atomic mass is 35.5. The van der Waals surface area contributed by atoms with Crippen molar-refractivity contribution in [2.75, 3.05) is 20.3 Å². The van der Waals surface area contributed by atoms with Gasteiger partial charge in [-0.25, -0.2) is 0 Å². The van der Waals surface area contributed by atoms with Crippen molar-refractivity contribution in [1.29, 1.82) is 0 Å². The maximum Gasteiger partial charge on any atom is 0.273 e. The fraction of sp³-hybridized carbons (Fsp3) is 0.444. The van der Waals surface area contributed by atoms with E-state index in [1.54, 1.807) is 24.3 Å². The zero-order chi connectivity index (χ0) is 18.4. The Kier molecular flexibility index (Phi) is 6.35. The summed E-state index contributed by atoms with van der Waals surface area (Å²) in [4.78, 5) is 12.1. The number of aromatic nitrogens is 1. The second-order valence-electron chi connectivity index (χ2n) is 5.96. The van der Waals surface area contributed by atoms with Crippen LogP contribution in [0, 0.1) is 0 Å². The molecule has 1 amide bonds. The van der Waals surface area contributed by atoms with E-state index in [0.717, 1.165) is 25.9 Å². The SMILES string of the molecule is COc1cc(Cl)ccc1OCc1cc(C(=O)NC[C@H]2CCCCO2)no1. The fourth-order valence-corrected chi connectivity index (χ4v) is 2.83. The molecule has 8 heteroatoms. The lowest BCUT2D eigenvalue weighted by atomic mass is 10.1. The Hall–Kier alpha value is -2.25. The van der Waals surface area contributed by atoms with Crippen LogP contribution in [0.4, 0.5) is 0 Å². The number of hydrogen-bond donors (Lipinski definition) is 1. The van der Waals surface area contributed by atoms with Gasteiger partial charge in [0.1, 0.15) is 6.61 Å². The Labute approximate surface area is 156 Å². The van der Waals surface area contributed by atoms with Gasteiger partial charge in [-0.05, 0) is 31.4 Å². The number of benzene rings is 1. The Bertz CT molecular complexity index is 743. The first-order valence-corrected chi connectivity index (χ1v) is 8.85. The van der Waals surface area contributed by atoms with Crippen LogP contribution < -0.4 is 14.8 Å². The molecule has 1 saturated heterocycles. The summed E-state index contributed by atoms with van der Waals surface area (Å²) in [6.07, 6.45) is 3.23. The Morgan fingerprint density at radius 3 is 3.00 bits per heavy atom. The second kappa shape index (κ2) is 8.91. The van der Waals surface area contributed by atoms with Crippen LogP contribution in [-0.2, 0) is 11.3 Å². The molecule has 0 bridgehead atoms. The standard InChI is InChI=1S/C18H21ClN2O5/c1-23-17-8-12(19)5-6-16(17)25-11-14-9-15(21-26-14)18(22)20-10-13-4-2-3-7-24-13/h5-6,8-9,13H,2-4,7,10-11H2,1H3,(H,20,22)/t13-/m1/s1. The minimum absolute atomic E-state index is 0.0692. The molecular formula is C18H21ClN2O5. The van der Waals surface area contributed by atoms with Gasteiger partial charge in [-0.3, -0.25) is 4.79 Å². The highest BCUT2D eigenvalue weighted by molar-refractivity contribution is 6.30. The smallest absolute Gasteiger partial charge is 0.273 e. The number of hydrogen-bond acceptors (Lipinski definition) is 6. The third-order valence-corrected chi connectivity index (χ3v) is 4.29. The van der Waals surface area contributed by atoms with Crippen LogP contribution in [-0.4, -0.2) is 37.4 Å². The summed E-state index contributed by atoms with van der Waals surface area (Å²) in [7, 11) is 1.53. The molecular weight excluding hydrogens is 360 g/mol. The first-order valence-electron chi connectivity index (χ1n) is 8.47. The van der Waals surface area contributed by atoms with Crippen LogP contribution in [0.15, 0.2) is 28.8 Å². The molecule has 0 radical (unpaired) electrons. The van der Waals surface area contributed by atoms with Gasteiger partial charge >= 0.3 is 0 Å². The minimum Gasteiger partial charge on any atom is -0.493 e. The number of rotatable bonds is 7. The van der Waals surface area contributed by atoms with Gasteiger partial charge in [0, 0.05) is 30.3 Å². The first kappa shape index (κ1) is 18.5. The average Bonchev–Trinajstić information content (AvgIpc) is 3.15. The molecule has 1 aliphatic rings. The summed E-state index contributed by atoms with van der Waals surface area (Å²) in [5, 5.41) is 7.16. The molecule has 0 aliphatic carbocycles. The van der Waals surface area contributed by atoms with Gasteiger partial charge in [0.15, 0.2) is 23.0 Å². The third kappa shape index (κ3) is 4.89. The van der Waals surface area contributed by atoms with Crippen molar-refractivity contribution >= 4 is 17.5 Å². The van der Waals surface area contributed by atoms with Crippen molar-refractivity contribution in [1.82, 2.24) is 10.5 Å². The van der Waals surface area contributed by atoms with Crippen LogP contribution in [0.2, 0.25) is 5.02 Å². The van der Waals surface area contributed by atoms with E-state index < -0.39 is 0 Å². The van der Waals surface area contributed by atoms with Gasteiger partial charge in [-0.15, -0.1) is 0 Å². The van der Waals surface area contributed by atoms with Gasteiger partial charge < -0.3 is 24.1 Å². The van der Waals surface area contributed by atoms with Gasteiger partial charge in [0.2, 0.25) is 0 Å². The molecule has 26 heavy (non-hydrogen) atoms. The van der Waals surface area contributed by atoms with Gasteiger partial charge in [0.05, 0.1) is 13.2 Å². The number of carbonyl (C=O) groups excluding carboxylic acids is 1. The predicted molar refractivity (Wildman–Crippen MR) is 94.8 cm³/mol. The summed E-state index contributed by atoms with van der Waals surface area (Å²) in [5.74, 6) is 1.18. The Morgan fingerprint density at radius 1 is 1.35 bits per heavy atom. The Morgan fingerprint density at radius 2 is 2.23 bits per heavy atom. The van der Waals surface area contributed by atoms with Crippen LogP contribution in [0.5, 0.6) is 11.5 Å². The molecule has 1 aliphatic heterocycles. The lowest BCUT2D eigenvalue weighted by molar-refractivity contribution is 0.0168. The molecule has 140 valence electrons. The summed E-state index contributed by atoms with van der Waals surface area (Å²) in [6, 6.07) is 6.62. The molecule has 2 heterocycles. The summed E-state index contributed by atoms with van der Waals surface area (Å²) < 4.78 is 21.6. The highest BCUT2D eigenvalue weighted by Gasteiger charge is 2.18. The second-order valence-corrected chi connectivity index (χ2v) is 6.40. The van der Waals surface area contributed by atoms with Crippen molar-refractivity contribution in [2.24, 2.45) is 0 Å². The molecule has 1 atom stereocenters. The van der Waals surface area contributed by atoms with Gasteiger partial charge in [0.25, 0.3) is 5.91 Å². The topological polar surface area (TPSA) is 82.8 Å². The molecule has 0 unspecified atom stereocenters. The highest BCUT2D eigenvalue weighted by Crippen LogP contribution is 2.30. The van der Waals surface area contributed by atoms with Crippen LogP contribution >= 0.6 is 11.6 Å². The molecule has 3 rings (SSSR count). The molecule has 7 nitrogen and oxygen atoms in total. The van der Waals surface area contributed by atoms with E-state index in [2.05, 4.69) is 10.5 Å². The average molecular weight is 381 g/mol. The molecule has 1 aromatic heterocycles. The summed E-state index contributed by atoms with van der Waals surface area (Å²) >= 11 is 5.92. The molecule has 1 N–H and O–H groups in total. The molecule has 0 saturated carbocycles. The molecule has 2 aromatic rings. The van der Waals surface area contributed by atoms with Crippen LogP contribution in [0.25, 0.3) is 0 Å². The van der Waals surface area contributed by atoms with Crippen molar-refractivity contribution in [3.05, 3.63) is 40.7 Å². The van der Waals surface area contributed by atoms with Crippen LogP contribution in [0.1, 0.15) is 35.5 Å². The van der Waals surface area contributed by atoms with Gasteiger partial charge in [-0.1, -0.05) is 16.8 Å². The lowest BCUT2D eigenvalue weighted by Crippen LogP contribution is -2.35. The van der Waals surface area contributed by atoms with Crippen LogP contribution in [0.3, 0.4) is 0 Å². The maximum absolute atomic E-state index is 12.1. The van der Waals surface area contributed by atoms with E-state index in [1.165, 1.54) is 7.11 Å². The fourth-order valence-electron chi connectivity index (χ4n) is 2.66. The van der Waals surface area contributed by atoms with E-state index in [0.29, 0.717) is 28.8 Å². The summed E-state index contributed by atoms with van der Waals surface area (Å²) in [6.45, 7) is 1.34. The van der Waals surface area contributed by atoms with Crippen molar-refractivity contribution in [2.45, 2.75) is 32.0 Å². The van der Waals surface area contributed by atoms with Crippen molar-refractivity contribution < 1.29 is 23.5 Å². The van der Waals surface area contributed by atoms with E-state index in [1.807, 2.05) is 0 Å². The number of amides is 1. The molecule has 1 fully saturated rings. The third-order valence-electron chi connectivity index (χ3n) is 4.05. The normalized spacial score (nSPS) is 16.9. The maximum atomic E-state index is 12.1. The monoisotopic (exact) mass is 380 g/mol. The predicted octanol–water partition coefficient (Wildman–Crippen LogP) is 3.21. The van der Waals surface area contributed by atoms with Crippen molar-refractivity contribution in [3.63, 3.8) is 0 Å². The number of nitrogens with zero attached hydrogens (tertiary/aromatic N) is 1. The molecule has 0 spiro atoms. The first-order chi connectivity index (χ1) is 12.7. The van der Waals surface area contributed by atoms with Gasteiger partial charge in [-0.2, -0.15) is 0 Å². The zero-order valence-corrected chi connectivity index (χ0v) is 15.3. The number of halogens is 1. The number of nitrogens with one attached hydrogen (secondary N) is 1. The van der Waals surface area contributed by atoms with Crippen molar-refractivity contribution in [3.8, 4) is 11.5 Å². The number of carbonyl (C=O) groups is 1. The number of methoxy groups -OCH3 is 1. The lowest BCUT2D eigenvalue weighted by Gasteiger charge is -2.22. The minimum atomic E-state index is -0.293. The Balaban J connectivity index is 1.52. The zero-order valence-electron chi connectivity index (χ0n) is 14.5. The quantitative estimate of drug-likeness (QED) is 0.794. The number of ether oxygens (including phenoxy) is 3. The largest absolute Gasteiger partial charge is 0.493 e. The van der Waals surface area contributed by atoms with E-state index >= 15 is 0 Å². The van der Waals surface area contributed by atoms with E-state index in [-0.39, 0.29) is 24.3 Å².